The maximum Gasteiger partial charge on any atom is 0.106 e. The Hall–Kier alpha value is -1.39. The van der Waals surface area contributed by atoms with E-state index >= 15 is 0 Å². The number of hydrogen-bond donors (Lipinski definition) is 1. The largest absolute Gasteiger partial charge is 0.387 e. The van der Waals surface area contributed by atoms with E-state index < -0.39 is 0 Å². The van der Waals surface area contributed by atoms with Gasteiger partial charge in [-0.1, -0.05) is 30.3 Å². The van der Waals surface area contributed by atoms with E-state index in [4.69, 9.17) is 0 Å². The molecule has 1 aliphatic rings. The van der Waals surface area contributed by atoms with Gasteiger partial charge in [0.2, 0.25) is 0 Å². The van der Waals surface area contributed by atoms with E-state index in [2.05, 4.69) is 33.5 Å². The van der Waals surface area contributed by atoms with Crippen molar-refractivity contribution in [2.75, 3.05) is 11.4 Å². The van der Waals surface area contributed by atoms with Gasteiger partial charge in [-0.15, -0.1) is 0 Å². The number of fused-ring (bicyclic) bond motifs is 1. The molecule has 1 aliphatic heterocycles. The highest BCUT2D eigenvalue weighted by Crippen LogP contribution is 2.34. The van der Waals surface area contributed by atoms with Crippen LogP contribution in [0.25, 0.3) is 0 Å². The van der Waals surface area contributed by atoms with Gasteiger partial charge < -0.3 is 10.0 Å². The summed E-state index contributed by atoms with van der Waals surface area (Å²) in [6.07, 6.45) is 0.382. The number of nitrogens with zero attached hydrogens (tertiary/aromatic N) is 2. The quantitative estimate of drug-likeness (QED) is 0.884. The number of anilines is 1. The fourth-order valence-corrected chi connectivity index (χ4v) is 2.96. The van der Waals surface area contributed by atoms with Crippen LogP contribution in [-0.4, -0.2) is 16.0 Å². The zero-order valence-electron chi connectivity index (χ0n) is 9.41. The second kappa shape index (κ2) is 4.47. The lowest BCUT2D eigenvalue weighted by Gasteiger charge is -2.30. The molecule has 0 saturated carbocycles. The van der Waals surface area contributed by atoms with Crippen LogP contribution >= 0.6 is 11.5 Å². The van der Waals surface area contributed by atoms with Crippen LogP contribution < -0.4 is 4.90 Å². The molecule has 3 nitrogen and oxygen atoms in total. The predicted molar refractivity (Wildman–Crippen MR) is 69.2 cm³/mol. The third-order valence-corrected chi connectivity index (χ3v) is 3.75. The van der Waals surface area contributed by atoms with Crippen LogP contribution in [0.4, 0.5) is 5.69 Å². The molecule has 1 N–H and O–H groups in total. The standard InChI is InChI=1S/C13H14N2OS/c16-12-6-7-15(11-9-17-14-13(11)12)8-10-4-2-1-3-5-10/h1-5,9,12,16H,6-8H2. The van der Waals surface area contributed by atoms with Crippen LogP contribution in [0.15, 0.2) is 35.7 Å². The van der Waals surface area contributed by atoms with Crippen LogP contribution in [0.2, 0.25) is 0 Å². The van der Waals surface area contributed by atoms with E-state index in [1.807, 2.05) is 11.4 Å². The molecule has 17 heavy (non-hydrogen) atoms. The van der Waals surface area contributed by atoms with Gasteiger partial charge in [-0.2, -0.15) is 4.37 Å². The van der Waals surface area contributed by atoms with E-state index in [1.54, 1.807) is 0 Å². The van der Waals surface area contributed by atoms with Crippen LogP contribution in [0.1, 0.15) is 23.8 Å². The van der Waals surface area contributed by atoms with Gasteiger partial charge in [0.1, 0.15) is 11.8 Å². The second-order valence-electron chi connectivity index (χ2n) is 4.30. The van der Waals surface area contributed by atoms with Crippen LogP contribution in [0, 0.1) is 0 Å². The summed E-state index contributed by atoms with van der Waals surface area (Å²) in [5, 5.41) is 11.9. The van der Waals surface area contributed by atoms with Crippen molar-refractivity contribution in [1.82, 2.24) is 4.37 Å². The van der Waals surface area contributed by atoms with Gasteiger partial charge in [-0.3, -0.25) is 0 Å². The Morgan fingerprint density at radius 1 is 1.35 bits per heavy atom. The van der Waals surface area contributed by atoms with Gasteiger partial charge in [0.05, 0.1) is 5.69 Å². The Kier molecular flexibility index (Phi) is 2.82. The molecule has 0 aliphatic carbocycles. The fourth-order valence-electron chi connectivity index (χ4n) is 2.21. The van der Waals surface area contributed by atoms with Crippen molar-refractivity contribution in [2.24, 2.45) is 0 Å². The minimum absolute atomic E-state index is 0.386. The molecule has 4 heteroatoms. The van der Waals surface area contributed by atoms with Crippen molar-refractivity contribution in [3.05, 3.63) is 47.0 Å². The SMILES string of the molecule is OC1CCN(Cc2ccccc2)c2csnc21. The van der Waals surface area contributed by atoms with Gasteiger partial charge in [0, 0.05) is 18.5 Å². The highest BCUT2D eigenvalue weighted by Gasteiger charge is 2.25. The molecule has 0 radical (unpaired) electrons. The highest BCUT2D eigenvalue weighted by atomic mass is 32.1. The highest BCUT2D eigenvalue weighted by molar-refractivity contribution is 7.04. The Morgan fingerprint density at radius 2 is 2.18 bits per heavy atom. The number of aromatic nitrogens is 1. The lowest BCUT2D eigenvalue weighted by atomic mass is 10.1. The molecule has 0 bridgehead atoms. The van der Waals surface area contributed by atoms with E-state index in [0.29, 0.717) is 0 Å². The fraction of sp³-hybridized carbons (Fsp3) is 0.308. The average Bonchev–Trinajstić information content (AvgIpc) is 2.84. The molecular weight excluding hydrogens is 232 g/mol. The first-order valence-electron chi connectivity index (χ1n) is 5.76. The van der Waals surface area contributed by atoms with Gasteiger partial charge in [-0.05, 0) is 23.5 Å². The molecule has 1 atom stereocenters. The molecule has 0 saturated heterocycles. The third kappa shape index (κ3) is 2.06. The van der Waals surface area contributed by atoms with Crippen molar-refractivity contribution in [3.63, 3.8) is 0 Å². The number of aliphatic hydroxyl groups excluding tert-OH is 1. The summed E-state index contributed by atoms with van der Waals surface area (Å²) in [5.74, 6) is 0. The normalized spacial score (nSPS) is 19.1. The van der Waals surface area contributed by atoms with Crippen molar-refractivity contribution in [3.8, 4) is 0 Å². The molecule has 1 aromatic carbocycles. The molecule has 3 rings (SSSR count). The summed E-state index contributed by atoms with van der Waals surface area (Å²) in [6.45, 7) is 1.78. The van der Waals surface area contributed by atoms with Gasteiger partial charge in [0.25, 0.3) is 0 Å². The van der Waals surface area contributed by atoms with Gasteiger partial charge >= 0.3 is 0 Å². The summed E-state index contributed by atoms with van der Waals surface area (Å²) in [7, 11) is 0. The zero-order chi connectivity index (χ0) is 11.7. The topological polar surface area (TPSA) is 36.4 Å². The first kappa shape index (κ1) is 10.7. The minimum atomic E-state index is -0.386. The summed E-state index contributed by atoms with van der Waals surface area (Å²) in [5.41, 5.74) is 3.23. The van der Waals surface area contributed by atoms with Crippen LogP contribution in [-0.2, 0) is 6.54 Å². The number of benzene rings is 1. The zero-order valence-corrected chi connectivity index (χ0v) is 10.2. The first-order chi connectivity index (χ1) is 8.34. The Morgan fingerprint density at radius 3 is 3.00 bits per heavy atom. The summed E-state index contributed by atoms with van der Waals surface area (Å²) in [6, 6.07) is 10.4. The van der Waals surface area contributed by atoms with E-state index in [9.17, 15) is 5.11 Å². The molecule has 2 aromatic rings. The minimum Gasteiger partial charge on any atom is -0.387 e. The molecule has 88 valence electrons. The number of hydrogen-bond acceptors (Lipinski definition) is 4. The van der Waals surface area contributed by atoms with Gasteiger partial charge in [-0.25, -0.2) is 0 Å². The molecule has 0 spiro atoms. The van der Waals surface area contributed by atoms with Crippen LogP contribution in [0.3, 0.4) is 0 Å². The maximum absolute atomic E-state index is 9.85. The summed E-state index contributed by atoms with van der Waals surface area (Å²) >= 11 is 1.42. The van der Waals surface area contributed by atoms with Crippen molar-refractivity contribution in [2.45, 2.75) is 19.1 Å². The lowest BCUT2D eigenvalue weighted by Crippen LogP contribution is -2.30. The smallest absolute Gasteiger partial charge is 0.106 e. The summed E-state index contributed by atoms with van der Waals surface area (Å²) < 4.78 is 4.28. The molecule has 0 amide bonds. The van der Waals surface area contributed by atoms with Gasteiger partial charge in [0.15, 0.2) is 0 Å². The number of rotatable bonds is 2. The third-order valence-electron chi connectivity index (χ3n) is 3.12. The Balaban J connectivity index is 1.85. The Labute approximate surface area is 104 Å². The van der Waals surface area contributed by atoms with Crippen molar-refractivity contribution in [1.29, 1.82) is 0 Å². The molecule has 2 heterocycles. The molecule has 1 aromatic heterocycles. The second-order valence-corrected chi connectivity index (χ2v) is 4.93. The molecular formula is C13H14N2OS. The average molecular weight is 246 g/mol. The predicted octanol–water partition coefficient (Wildman–Crippen LogP) is 2.59. The number of aliphatic hydroxyl groups is 1. The maximum atomic E-state index is 9.85. The molecule has 1 unspecified atom stereocenters. The van der Waals surface area contributed by atoms with Crippen LogP contribution in [0.5, 0.6) is 0 Å². The van der Waals surface area contributed by atoms with E-state index in [0.717, 1.165) is 30.9 Å². The van der Waals surface area contributed by atoms with E-state index in [1.165, 1.54) is 17.1 Å². The summed E-state index contributed by atoms with van der Waals surface area (Å²) in [4.78, 5) is 2.29. The van der Waals surface area contributed by atoms with Crippen molar-refractivity contribution >= 4 is 17.2 Å². The van der Waals surface area contributed by atoms with Crippen molar-refractivity contribution < 1.29 is 5.11 Å². The monoisotopic (exact) mass is 246 g/mol. The molecule has 0 fully saturated rings. The Bertz CT molecular complexity index is 497. The first-order valence-corrected chi connectivity index (χ1v) is 6.59. The van der Waals surface area contributed by atoms with E-state index in [-0.39, 0.29) is 6.10 Å². The lowest BCUT2D eigenvalue weighted by molar-refractivity contribution is 0.160.